The molecule has 35 heavy (non-hydrogen) atoms. The molecule has 2 amide bonds. The molecular formula is C24H32BrN3O6S. The zero-order chi connectivity index (χ0) is 26.2. The highest BCUT2D eigenvalue weighted by atomic mass is 79.9. The summed E-state index contributed by atoms with van der Waals surface area (Å²) >= 11 is 3.39. The fraction of sp³-hybridized carbons (Fsp3) is 0.417. The van der Waals surface area contributed by atoms with Gasteiger partial charge in [-0.3, -0.25) is 13.9 Å². The Morgan fingerprint density at radius 3 is 2.29 bits per heavy atom. The number of carbonyl (C=O) groups excluding carboxylic acids is 2. The number of sulfonamides is 1. The molecule has 0 aromatic heterocycles. The highest BCUT2D eigenvalue weighted by molar-refractivity contribution is 9.10. The molecule has 1 N–H and O–H groups in total. The number of carbonyl (C=O) groups is 2. The van der Waals surface area contributed by atoms with E-state index in [0.29, 0.717) is 12.3 Å². The zero-order valence-corrected chi connectivity index (χ0v) is 23.0. The number of nitrogens with zero attached hydrogens (tertiary/aromatic N) is 2. The van der Waals surface area contributed by atoms with Crippen LogP contribution in [0, 0.1) is 0 Å². The summed E-state index contributed by atoms with van der Waals surface area (Å²) in [7, 11) is -0.992. The minimum Gasteiger partial charge on any atom is -0.497 e. The first-order chi connectivity index (χ1) is 16.5. The van der Waals surface area contributed by atoms with Crippen LogP contribution in [0.5, 0.6) is 11.5 Å². The molecule has 0 fully saturated rings. The van der Waals surface area contributed by atoms with Crippen molar-refractivity contribution in [1.29, 1.82) is 0 Å². The number of rotatable bonds is 12. The molecule has 0 radical (unpaired) electrons. The van der Waals surface area contributed by atoms with Crippen molar-refractivity contribution in [3.63, 3.8) is 0 Å². The van der Waals surface area contributed by atoms with E-state index in [-0.39, 0.29) is 23.9 Å². The van der Waals surface area contributed by atoms with Gasteiger partial charge in [0.1, 0.15) is 24.1 Å². The smallest absolute Gasteiger partial charge is 0.244 e. The third-order valence-corrected chi connectivity index (χ3v) is 6.97. The fourth-order valence-electron chi connectivity index (χ4n) is 3.35. The topological polar surface area (TPSA) is 105 Å². The Balaban J connectivity index is 2.43. The standard InChI is InChI=1S/C24H32BrN3O6S/c1-6-13-26-24(30)17(2)27(15-18-7-9-19(25)10-8-18)23(29)16-28(35(5,31)32)21-12-11-20(33-3)14-22(21)34-4/h7-12,14,17H,6,13,15-16H2,1-5H3,(H,26,30)/t17-/m1/s1. The zero-order valence-electron chi connectivity index (χ0n) is 20.6. The molecule has 192 valence electrons. The summed E-state index contributed by atoms with van der Waals surface area (Å²) < 4.78 is 37.9. The fourth-order valence-corrected chi connectivity index (χ4v) is 4.47. The lowest BCUT2D eigenvalue weighted by Gasteiger charge is -2.32. The molecule has 0 bridgehead atoms. The Morgan fingerprint density at radius 1 is 1.09 bits per heavy atom. The van der Waals surface area contributed by atoms with Gasteiger partial charge < -0.3 is 19.7 Å². The lowest BCUT2D eigenvalue weighted by molar-refractivity contribution is -0.139. The molecule has 0 saturated heterocycles. The lowest BCUT2D eigenvalue weighted by atomic mass is 10.1. The SMILES string of the molecule is CCCNC(=O)[C@@H](C)N(Cc1ccc(Br)cc1)C(=O)CN(c1ccc(OC)cc1OC)S(C)(=O)=O. The molecule has 11 heteroatoms. The molecule has 9 nitrogen and oxygen atoms in total. The van der Waals surface area contributed by atoms with Gasteiger partial charge in [0.15, 0.2) is 0 Å². The van der Waals surface area contributed by atoms with Gasteiger partial charge in [-0.05, 0) is 43.2 Å². The third-order valence-electron chi connectivity index (χ3n) is 5.32. The minimum atomic E-state index is -3.88. The Labute approximate surface area is 215 Å². The van der Waals surface area contributed by atoms with Crippen LogP contribution >= 0.6 is 15.9 Å². The highest BCUT2D eigenvalue weighted by Gasteiger charge is 2.31. The number of anilines is 1. The van der Waals surface area contributed by atoms with Crippen LogP contribution in [0.4, 0.5) is 5.69 Å². The number of ether oxygens (including phenoxy) is 2. The number of hydrogen-bond acceptors (Lipinski definition) is 6. The van der Waals surface area contributed by atoms with Crippen molar-refractivity contribution in [3.8, 4) is 11.5 Å². The van der Waals surface area contributed by atoms with Gasteiger partial charge in [-0.25, -0.2) is 8.42 Å². The van der Waals surface area contributed by atoms with E-state index in [1.54, 1.807) is 19.1 Å². The monoisotopic (exact) mass is 569 g/mol. The summed E-state index contributed by atoms with van der Waals surface area (Å²) in [6.07, 6.45) is 1.76. The maximum absolute atomic E-state index is 13.6. The van der Waals surface area contributed by atoms with E-state index in [9.17, 15) is 18.0 Å². The van der Waals surface area contributed by atoms with E-state index in [2.05, 4.69) is 21.2 Å². The Kier molecular flexibility index (Phi) is 10.4. The maximum atomic E-state index is 13.6. The van der Waals surface area contributed by atoms with Crippen molar-refractivity contribution in [2.75, 3.05) is 37.9 Å². The number of nitrogens with one attached hydrogen (secondary N) is 1. The van der Waals surface area contributed by atoms with Crippen LogP contribution in [0.1, 0.15) is 25.8 Å². The van der Waals surface area contributed by atoms with Crippen molar-refractivity contribution in [1.82, 2.24) is 10.2 Å². The second-order valence-corrected chi connectivity index (χ2v) is 10.7. The van der Waals surface area contributed by atoms with E-state index in [0.717, 1.165) is 27.0 Å². The minimum absolute atomic E-state index is 0.129. The van der Waals surface area contributed by atoms with E-state index < -0.39 is 28.5 Å². The van der Waals surface area contributed by atoms with Crippen molar-refractivity contribution < 1.29 is 27.5 Å². The number of amides is 2. The van der Waals surface area contributed by atoms with E-state index in [1.807, 2.05) is 31.2 Å². The Bertz CT molecular complexity index is 1120. The molecule has 0 spiro atoms. The van der Waals surface area contributed by atoms with Crippen LogP contribution in [-0.4, -0.2) is 64.7 Å². The van der Waals surface area contributed by atoms with Crippen LogP contribution in [0.3, 0.4) is 0 Å². The van der Waals surface area contributed by atoms with Crippen molar-refractivity contribution >= 4 is 43.5 Å². The van der Waals surface area contributed by atoms with Crippen molar-refractivity contribution in [2.24, 2.45) is 0 Å². The summed E-state index contributed by atoms with van der Waals surface area (Å²) in [4.78, 5) is 27.7. The molecule has 1 atom stereocenters. The normalized spacial score (nSPS) is 11.9. The summed E-state index contributed by atoms with van der Waals surface area (Å²) in [5, 5.41) is 2.80. The van der Waals surface area contributed by atoms with Gasteiger partial charge in [0.25, 0.3) is 0 Å². The predicted octanol–water partition coefficient (Wildman–Crippen LogP) is 3.18. The van der Waals surface area contributed by atoms with Gasteiger partial charge in [-0.2, -0.15) is 0 Å². The van der Waals surface area contributed by atoms with E-state index >= 15 is 0 Å². The third kappa shape index (κ3) is 7.86. The Hall–Kier alpha value is -2.79. The second-order valence-electron chi connectivity index (χ2n) is 7.92. The molecule has 0 aliphatic rings. The first-order valence-corrected chi connectivity index (χ1v) is 13.7. The molecule has 2 aromatic carbocycles. The van der Waals surface area contributed by atoms with Crippen LogP contribution in [0.15, 0.2) is 46.9 Å². The molecule has 2 rings (SSSR count). The van der Waals surface area contributed by atoms with Crippen molar-refractivity contribution in [2.45, 2.75) is 32.9 Å². The number of benzene rings is 2. The van der Waals surface area contributed by atoms with Crippen LogP contribution < -0.4 is 19.1 Å². The molecule has 0 saturated carbocycles. The van der Waals surface area contributed by atoms with E-state index in [4.69, 9.17) is 9.47 Å². The first-order valence-electron chi connectivity index (χ1n) is 11.0. The molecule has 2 aromatic rings. The maximum Gasteiger partial charge on any atom is 0.244 e. The van der Waals surface area contributed by atoms with Gasteiger partial charge in [-0.15, -0.1) is 0 Å². The molecule has 0 heterocycles. The molecular weight excluding hydrogens is 538 g/mol. The summed E-state index contributed by atoms with van der Waals surface area (Å²) in [6.45, 7) is 3.65. The quantitative estimate of drug-likeness (QED) is 0.421. The molecule has 0 aliphatic heterocycles. The largest absolute Gasteiger partial charge is 0.497 e. The summed E-state index contributed by atoms with van der Waals surface area (Å²) in [5.41, 5.74) is 0.987. The highest BCUT2D eigenvalue weighted by Crippen LogP contribution is 2.33. The van der Waals surface area contributed by atoms with Gasteiger partial charge >= 0.3 is 0 Å². The first kappa shape index (κ1) is 28.4. The average molecular weight is 571 g/mol. The summed E-state index contributed by atoms with van der Waals surface area (Å²) in [6, 6.07) is 11.2. The van der Waals surface area contributed by atoms with Gasteiger partial charge in [0, 0.05) is 23.6 Å². The van der Waals surface area contributed by atoms with Crippen LogP contribution in [0.2, 0.25) is 0 Å². The van der Waals surface area contributed by atoms with E-state index in [1.165, 1.54) is 25.2 Å². The van der Waals surface area contributed by atoms with Crippen LogP contribution in [0.25, 0.3) is 0 Å². The molecule has 0 aliphatic carbocycles. The van der Waals surface area contributed by atoms with Gasteiger partial charge in [0.05, 0.1) is 26.2 Å². The van der Waals surface area contributed by atoms with Crippen molar-refractivity contribution in [3.05, 3.63) is 52.5 Å². The average Bonchev–Trinajstić information content (AvgIpc) is 2.83. The lowest BCUT2D eigenvalue weighted by Crippen LogP contribution is -2.51. The number of methoxy groups -OCH3 is 2. The van der Waals surface area contributed by atoms with Crippen LogP contribution in [-0.2, 0) is 26.2 Å². The van der Waals surface area contributed by atoms with Gasteiger partial charge in [0.2, 0.25) is 21.8 Å². The molecule has 0 unspecified atom stereocenters. The number of hydrogen-bond donors (Lipinski definition) is 1. The summed E-state index contributed by atoms with van der Waals surface area (Å²) in [5.74, 6) is -0.139. The predicted molar refractivity (Wildman–Crippen MR) is 139 cm³/mol. The Morgan fingerprint density at radius 2 is 1.74 bits per heavy atom. The van der Waals surface area contributed by atoms with Gasteiger partial charge in [-0.1, -0.05) is 35.0 Å². The second kappa shape index (κ2) is 12.8. The number of halogens is 1.